The summed E-state index contributed by atoms with van der Waals surface area (Å²) in [6.07, 6.45) is 44.8. The Balaban J connectivity index is 5.08. The fraction of sp³-hybridized carbons (Fsp3) is 0.941. The van der Waals surface area contributed by atoms with Crippen LogP contribution in [0.25, 0.3) is 0 Å². The largest absolute Gasteiger partial charge is 0.472 e. The average molecular weight is 1280 g/mol. The Bertz CT molecular complexity index is 1700. The van der Waals surface area contributed by atoms with E-state index in [1.54, 1.807) is 0 Å². The van der Waals surface area contributed by atoms with E-state index in [0.717, 1.165) is 127 Å². The maximum atomic E-state index is 13.0. The third kappa shape index (κ3) is 60.1. The summed E-state index contributed by atoms with van der Waals surface area (Å²) in [7, 11) is -9.88. The zero-order valence-corrected chi connectivity index (χ0v) is 58.1. The minimum absolute atomic E-state index is 0.104. The maximum Gasteiger partial charge on any atom is 0.472 e. The number of hydrogen-bond acceptors (Lipinski definition) is 15. The highest BCUT2D eigenvalue weighted by Crippen LogP contribution is 2.45. The third-order valence-electron chi connectivity index (χ3n) is 16.4. The molecule has 0 aliphatic rings. The molecule has 0 radical (unpaired) electrons. The average Bonchev–Trinajstić information content (AvgIpc) is 3.65. The molecule has 0 fully saturated rings. The first-order valence-corrected chi connectivity index (χ1v) is 38.6. The Hall–Kier alpha value is -1.94. The van der Waals surface area contributed by atoms with Crippen LogP contribution in [-0.2, 0) is 65.4 Å². The van der Waals surface area contributed by atoms with Gasteiger partial charge in [-0.3, -0.25) is 37.3 Å². The molecule has 3 N–H and O–H groups in total. The van der Waals surface area contributed by atoms with E-state index in [9.17, 15) is 43.2 Å². The summed E-state index contributed by atoms with van der Waals surface area (Å²) in [6, 6.07) is 0. The van der Waals surface area contributed by atoms with Gasteiger partial charge >= 0.3 is 39.5 Å². The van der Waals surface area contributed by atoms with Crippen LogP contribution in [0.4, 0.5) is 0 Å². The zero-order valence-electron chi connectivity index (χ0n) is 56.3. The second kappa shape index (κ2) is 60.3. The van der Waals surface area contributed by atoms with Crippen LogP contribution in [0.2, 0.25) is 0 Å². The number of esters is 4. The van der Waals surface area contributed by atoms with Crippen molar-refractivity contribution in [2.24, 2.45) is 11.8 Å². The quantitative estimate of drug-likeness (QED) is 0.0222. The molecule has 19 heteroatoms. The number of ether oxygens (including phenoxy) is 4. The molecule has 87 heavy (non-hydrogen) atoms. The molecule has 0 rings (SSSR count). The summed E-state index contributed by atoms with van der Waals surface area (Å²) in [4.78, 5) is 72.1. The van der Waals surface area contributed by atoms with Crippen molar-refractivity contribution in [1.29, 1.82) is 0 Å². The van der Waals surface area contributed by atoms with Gasteiger partial charge in [0.25, 0.3) is 0 Å². The van der Waals surface area contributed by atoms with Crippen LogP contribution in [0, 0.1) is 11.8 Å². The van der Waals surface area contributed by atoms with Gasteiger partial charge in [-0.05, 0) is 37.5 Å². The normalized spacial score (nSPS) is 14.8. The Kier molecular flexibility index (Phi) is 59.0. The smallest absolute Gasteiger partial charge is 0.462 e. The fourth-order valence-electron chi connectivity index (χ4n) is 10.2. The van der Waals surface area contributed by atoms with Gasteiger partial charge in [0.2, 0.25) is 0 Å². The van der Waals surface area contributed by atoms with Crippen molar-refractivity contribution in [3.05, 3.63) is 0 Å². The molecular formula is C68H132O17P2. The van der Waals surface area contributed by atoms with Gasteiger partial charge in [-0.1, -0.05) is 292 Å². The molecule has 0 aliphatic heterocycles. The lowest BCUT2D eigenvalue weighted by Gasteiger charge is -2.21. The molecule has 0 bridgehead atoms. The van der Waals surface area contributed by atoms with E-state index >= 15 is 0 Å². The SMILES string of the molecule is CCCCCCCCCCC(=O)O[C@H](COC(=O)CCCCCCCCC)COP(=O)(O)OC[C@H](O)COP(=O)(O)OC[C@@H](COC(=O)CCCCCCCCC(C)CC)OC(=O)CCCCCCCCCCCCCCCCCCCCC(C)CC. The Morgan fingerprint density at radius 2 is 0.552 bits per heavy atom. The van der Waals surface area contributed by atoms with Gasteiger partial charge in [0.15, 0.2) is 12.2 Å². The number of rotatable bonds is 67. The van der Waals surface area contributed by atoms with E-state index in [1.165, 1.54) is 135 Å². The number of aliphatic hydroxyl groups excluding tert-OH is 1. The van der Waals surface area contributed by atoms with Gasteiger partial charge < -0.3 is 33.8 Å². The number of carbonyl (C=O) groups excluding carboxylic acids is 4. The zero-order chi connectivity index (χ0) is 64.3. The number of carbonyl (C=O) groups is 4. The monoisotopic (exact) mass is 1280 g/mol. The number of aliphatic hydroxyl groups is 1. The summed E-state index contributed by atoms with van der Waals surface area (Å²) in [6.45, 7) is 9.48. The lowest BCUT2D eigenvalue weighted by molar-refractivity contribution is -0.161. The van der Waals surface area contributed by atoms with E-state index in [-0.39, 0.29) is 25.7 Å². The molecule has 7 atom stereocenters. The summed E-state index contributed by atoms with van der Waals surface area (Å²) < 4.78 is 67.9. The van der Waals surface area contributed by atoms with Crippen molar-refractivity contribution < 1.29 is 80.2 Å². The van der Waals surface area contributed by atoms with Crippen LogP contribution in [-0.4, -0.2) is 96.7 Å². The lowest BCUT2D eigenvalue weighted by atomic mass is 9.99. The van der Waals surface area contributed by atoms with Crippen molar-refractivity contribution in [3.8, 4) is 0 Å². The van der Waals surface area contributed by atoms with Gasteiger partial charge in [-0.15, -0.1) is 0 Å². The first-order chi connectivity index (χ1) is 41.9. The van der Waals surface area contributed by atoms with Crippen molar-refractivity contribution in [2.45, 2.75) is 362 Å². The summed E-state index contributed by atoms with van der Waals surface area (Å²) in [5.74, 6) is -0.535. The van der Waals surface area contributed by atoms with E-state index in [2.05, 4.69) is 41.5 Å². The predicted octanol–water partition coefficient (Wildman–Crippen LogP) is 19.2. The van der Waals surface area contributed by atoms with Crippen LogP contribution in [0.1, 0.15) is 343 Å². The molecule has 516 valence electrons. The Morgan fingerprint density at radius 1 is 0.322 bits per heavy atom. The van der Waals surface area contributed by atoms with E-state index in [0.29, 0.717) is 25.7 Å². The fourth-order valence-corrected chi connectivity index (χ4v) is 11.8. The van der Waals surface area contributed by atoms with Crippen molar-refractivity contribution in [2.75, 3.05) is 39.6 Å². The predicted molar refractivity (Wildman–Crippen MR) is 349 cm³/mol. The number of unbranched alkanes of at least 4 members (excludes halogenated alkanes) is 35. The van der Waals surface area contributed by atoms with Gasteiger partial charge in [-0.25, -0.2) is 9.13 Å². The van der Waals surface area contributed by atoms with Crippen molar-refractivity contribution in [3.63, 3.8) is 0 Å². The highest BCUT2D eigenvalue weighted by Gasteiger charge is 2.30. The van der Waals surface area contributed by atoms with Crippen LogP contribution >= 0.6 is 15.6 Å². The van der Waals surface area contributed by atoms with Gasteiger partial charge in [0.1, 0.15) is 19.3 Å². The Morgan fingerprint density at radius 3 is 0.816 bits per heavy atom. The molecule has 17 nitrogen and oxygen atoms in total. The van der Waals surface area contributed by atoms with Crippen molar-refractivity contribution in [1.82, 2.24) is 0 Å². The molecule has 0 aromatic heterocycles. The Labute approximate surface area is 530 Å². The highest BCUT2D eigenvalue weighted by atomic mass is 31.2. The summed E-state index contributed by atoms with van der Waals surface area (Å²) in [5.41, 5.74) is 0. The molecule has 0 saturated carbocycles. The standard InChI is InChI=1S/C68H132O17P2/c1-7-11-13-15-17-32-40-46-52-67(72)84-63(56-78-65(70)50-44-38-30-16-14-12-8-2)58-82-86(74,75)80-54-62(69)55-81-87(76,77)83-59-64(57-79-66(71)51-45-39-35-34-37-43-49-61(6)10-4)85-68(73)53-47-41-33-29-27-25-23-21-19-18-20-22-24-26-28-31-36-42-48-60(5)9-3/h60-64,69H,7-59H2,1-6H3,(H,74,75)(H,76,77)/t60?,61?,62-,63+,64+/m0/s1. The van der Waals surface area contributed by atoms with Gasteiger partial charge in [-0.2, -0.15) is 0 Å². The van der Waals surface area contributed by atoms with E-state index < -0.39 is 97.5 Å². The van der Waals surface area contributed by atoms with Gasteiger partial charge in [0, 0.05) is 25.7 Å². The molecule has 0 spiro atoms. The second-order valence-electron chi connectivity index (χ2n) is 25.0. The third-order valence-corrected chi connectivity index (χ3v) is 18.3. The summed E-state index contributed by atoms with van der Waals surface area (Å²) >= 11 is 0. The molecule has 0 aliphatic carbocycles. The van der Waals surface area contributed by atoms with E-state index in [1.807, 2.05) is 0 Å². The van der Waals surface area contributed by atoms with Gasteiger partial charge in [0.05, 0.1) is 26.4 Å². The first kappa shape index (κ1) is 85.1. The highest BCUT2D eigenvalue weighted by molar-refractivity contribution is 7.47. The van der Waals surface area contributed by atoms with Crippen LogP contribution < -0.4 is 0 Å². The molecule has 0 aromatic rings. The number of phosphoric ester groups is 2. The number of phosphoric acid groups is 2. The molecule has 4 unspecified atom stereocenters. The molecule has 0 heterocycles. The van der Waals surface area contributed by atoms with E-state index in [4.69, 9.17) is 37.0 Å². The first-order valence-electron chi connectivity index (χ1n) is 35.6. The second-order valence-corrected chi connectivity index (χ2v) is 28.0. The summed E-state index contributed by atoms with van der Waals surface area (Å²) in [5, 5.41) is 10.5. The lowest BCUT2D eigenvalue weighted by Crippen LogP contribution is -2.30. The molecule has 0 saturated heterocycles. The minimum atomic E-state index is -4.95. The number of hydrogen-bond donors (Lipinski definition) is 3. The molecule has 0 amide bonds. The van der Waals surface area contributed by atoms with Crippen LogP contribution in [0.15, 0.2) is 0 Å². The minimum Gasteiger partial charge on any atom is -0.462 e. The van der Waals surface area contributed by atoms with Crippen LogP contribution in [0.5, 0.6) is 0 Å². The molecule has 0 aromatic carbocycles. The van der Waals surface area contributed by atoms with Crippen LogP contribution in [0.3, 0.4) is 0 Å². The molecular weight excluding hydrogens is 1150 g/mol. The van der Waals surface area contributed by atoms with Crippen molar-refractivity contribution >= 4 is 39.5 Å². The maximum absolute atomic E-state index is 13.0. The topological polar surface area (TPSA) is 237 Å².